The van der Waals surface area contributed by atoms with Crippen LogP contribution < -0.4 is 20.5 Å². The molecule has 2 amide bonds. The number of ether oxygens (including phenoxy) is 2. The first kappa shape index (κ1) is 17.9. The smallest absolute Gasteiger partial charge is 0.252 e. The Morgan fingerprint density at radius 3 is 2.85 bits per heavy atom. The summed E-state index contributed by atoms with van der Waals surface area (Å²) in [5.41, 5.74) is 5.66. The number of aliphatic hydroxyl groups is 1. The predicted molar refractivity (Wildman–Crippen MR) is 94.0 cm³/mol. The summed E-state index contributed by atoms with van der Waals surface area (Å²) in [7, 11) is 1.45. The maximum absolute atomic E-state index is 11.7. The molecule has 3 atom stereocenters. The summed E-state index contributed by atoms with van der Waals surface area (Å²) >= 11 is 0. The predicted octanol–water partition coefficient (Wildman–Crippen LogP) is 0.607. The number of pyridine rings is 1. The van der Waals surface area contributed by atoms with Crippen LogP contribution in [0.4, 0.5) is 0 Å². The largest absolute Gasteiger partial charge is 0.496 e. The third-order valence-electron chi connectivity index (χ3n) is 4.70. The third-order valence-corrected chi connectivity index (χ3v) is 4.70. The van der Waals surface area contributed by atoms with Crippen molar-refractivity contribution in [2.45, 2.75) is 25.5 Å². The van der Waals surface area contributed by atoms with Crippen LogP contribution in [0.2, 0.25) is 0 Å². The van der Waals surface area contributed by atoms with E-state index in [4.69, 9.17) is 15.2 Å². The molecule has 4 N–H and O–H groups in total. The van der Waals surface area contributed by atoms with Gasteiger partial charge in [0.2, 0.25) is 11.8 Å². The summed E-state index contributed by atoms with van der Waals surface area (Å²) in [6.07, 6.45) is 1.19. The van der Waals surface area contributed by atoms with E-state index in [1.165, 1.54) is 7.11 Å². The molecule has 3 rings (SSSR count). The van der Waals surface area contributed by atoms with Crippen molar-refractivity contribution in [1.82, 2.24) is 10.3 Å². The average molecular weight is 359 g/mol. The number of primary amides is 1. The van der Waals surface area contributed by atoms with Crippen LogP contribution in [-0.4, -0.2) is 47.8 Å². The zero-order chi connectivity index (χ0) is 18.8. The maximum Gasteiger partial charge on any atom is 0.252 e. The number of aromatic nitrogens is 1. The van der Waals surface area contributed by atoms with Crippen molar-refractivity contribution < 1.29 is 24.2 Å². The van der Waals surface area contributed by atoms with Crippen molar-refractivity contribution >= 4 is 22.6 Å². The van der Waals surface area contributed by atoms with Gasteiger partial charge in [-0.3, -0.25) is 9.59 Å². The van der Waals surface area contributed by atoms with E-state index in [1.807, 2.05) is 6.92 Å². The van der Waals surface area contributed by atoms with Crippen molar-refractivity contribution in [3.8, 4) is 11.6 Å². The van der Waals surface area contributed by atoms with Crippen molar-refractivity contribution in [3.63, 3.8) is 0 Å². The topological polar surface area (TPSA) is 124 Å². The highest BCUT2D eigenvalue weighted by molar-refractivity contribution is 6.01. The number of hydrogen-bond donors (Lipinski definition) is 3. The van der Waals surface area contributed by atoms with E-state index in [0.29, 0.717) is 23.4 Å². The molecule has 2 heterocycles. The number of aliphatic hydroxyl groups excluding tert-OH is 1. The number of rotatable bonds is 6. The lowest BCUT2D eigenvalue weighted by Crippen LogP contribution is -2.35. The van der Waals surface area contributed by atoms with Crippen LogP contribution in [0.25, 0.3) is 10.8 Å². The Balaban J connectivity index is 1.89. The quantitative estimate of drug-likeness (QED) is 0.694. The van der Waals surface area contributed by atoms with Crippen LogP contribution >= 0.6 is 0 Å². The van der Waals surface area contributed by atoms with Crippen LogP contribution in [0.15, 0.2) is 24.4 Å². The summed E-state index contributed by atoms with van der Waals surface area (Å²) in [6, 6.07) is 4.72. The van der Waals surface area contributed by atoms with Gasteiger partial charge in [-0.25, -0.2) is 4.98 Å². The molecule has 0 saturated carbocycles. The van der Waals surface area contributed by atoms with Crippen LogP contribution in [-0.2, 0) is 4.79 Å². The van der Waals surface area contributed by atoms with Gasteiger partial charge in [0.25, 0.3) is 5.91 Å². The molecule has 1 saturated heterocycles. The summed E-state index contributed by atoms with van der Waals surface area (Å²) < 4.78 is 11.1. The van der Waals surface area contributed by atoms with Gasteiger partial charge in [0.05, 0.1) is 18.7 Å². The van der Waals surface area contributed by atoms with Gasteiger partial charge in [0.1, 0.15) is 18.5 Å². The van der Waals surface area contributed by atoms with Gasteiger partial charge in [0.15, 0.2) is 0 Å². The number of nitrogens with one attached hydrogen (secondary N) is 1. The number of nitrogens with zero attached hydrogens (tertiary/aromatic N) is 1. The second-order valence-corrected chi connectivity index (χ2v) is 6.20. The van der Waals surface area contributed by atoms with Gasteiger partial charge >= 0.3 is 0 Å². The van der Waals surface area contributed by atoms with Gasteiger partial charge in [-0.15, -0.1) is 0 Å². The Labute approximate surface area is 150 Å². The van der Waals surface area contributed by atoms with E-state index in [1.54, 1.807) is 24.4 Å². The molecule has 138 valence electrons. The third kappa shape index (κ3) is 3.15. The lowest BCUT2D eigenvalue weighted by molar-refractivity contribution is -0.127. The molecule has 26 heavy (non-hydrogen) atoms. The summed E-state index contributed by atoms with van der Waals surface area (Å²) in [5.74, 6) is -0.504. The van der Waals surface area contributed by atoms with E-state index in [2.05, 4.69) is 10.3 Å². The Bertz CT molecular complexity index is 854. The summed E-state index contributed by atoms with van der Waals surface area (Å²) in [6.45, 7) is 2.08. The van der Waals surface area contributed by atoms with Gasteiger partial charge in [0, 0.05) is 17.5 Å². The number of carbonyl (C=O) groups excluding carboxylic acids is 2. The second kappa shape index (κ2) is 7.17. The van der Waals surface area contributed by atoms with E-state index in [-0.39, 0.29) is 30.0 Å². The molecule has 0 radical (unpaired) electrons. The minimum absolute atomic E-state index is 0.174. The molecule has 0 bridgehead atoms. The molecule has 1 aromatic carbocycles. The van der Waals surface area contributed by atoms with E-state index in [9.17, 15) is 14.7 Å². The molecular weight excluding hydrogens is 338 g/mol. The van der Waals surface area contributed by atoms with Crippen LogP contribution in [0.5, 0.6) is 11.6 Å². The average Bonchev–Trinajstić information content (AvgIpc) is 2.91. The van der Waals surface area contributed by atoms with E-state index >= 15 is 0 Å². The highest BCUT2D eigenvalue weighted by Crippen LogP contribution is 2.31. The Morgan fingerprint density at radius 1 is 1.42 bits per heavy atom. The van der Waals surface area contributed by atoms with Crippen LogP contribution in [0, 0.1) is 5.92 Å². The van der Waals surface area contributed by atoms with Crippen molar-refractivity contribution in [1.29, 1.82) is 0 Å². The highest BCUT2D eigenvalue weighted by Gasteiger charge is 2.40. The number of hydrogen-bond acceptors (Lipinski definition) is 6. The number of carbonyl (C=O) groups is 2. The standard InChI is InChI=1S/C18H21N3O5/c1-3-10-13(21-17(24)15(10)22)8-26-18-11-7-14(25-2)12(16(19)23)6-9(11)4-5-20-18/h4-7,10,13,15,22H,3,8H2,1-2H3,(H2,19,23)(H,21,24)/t10-,13+,15+/m0/s1. The SMILES string of the molecule is CC[C@H]1[C@@H](COc2nccc3cc(C(N)=O)c(OC)cc23)NC(=O)[C@@H]1O. The molecular formula is C18H21N3O5. The maximum atomic E-state index is 11.7. The molecule has 0 aliphatic carbocycles. The molecule has 1 aliphatic heterocycles. The van der Waals surface area contributed by atoms with Gasteiger partial charge in [-0.1, -0.05) is 6.92 Å². The minimum Gasteiger partial charge on any atom is -0.496 e. The fraction of sp³-hybridized carbons (Fsp3) is 0.389. The molecule has 0 unspecified atom stereocenters. The first-order valence-electron chi connectivity index (χ1n) is 8.34. The first-order valence-corrected chi connectivity index (χ1v) is 8.34. The second-order valence-electron chi connectivity index (χ2n) is 6.20. The van der Waals surface area contributed by atoms with Crippen molar-refractivity contribution in [2.75, 3.05) is 13.7 Å². The zero-order valence-electron chi connectivity index (χ0n) is 14.6. The first-order chi connectivity index (χ1) is 12.5. The van der Waals surface area contributed by atoms with Crippen molar-refractivity contribution in [3.05, 3.63) is 30.0 Å². The highest BCUT2D eigenvalue weighted by atomic mass is 16.5. The van der Waals surface area contributed by atoms with Gasteiger partial charge in [-0.05, 0) is 30.0 Å². The molecule has 0 spiro atoms. The zero-order valence-corrected chi connectivity index (χ0v) is 14.6. The molecule has 2 aromatic rings. The normalized spacial score (nSPS) is 22.3. The summed E-state index contributed by atoms with van der Waals surface area (Å²) in [5, 5.41) is 14.0. The fourth-order valence-corrected chi connectivity index (χ4v) is 3.28. The molecule has 8 heteroatoms. The number of amides is 2. The Kier molecular flexibility index (Phi) is 4.94. The monoisotopic (exact) mass is 359 g/mol. The van der Waals surface area contributed by atoms with Crippen LogP contribution in [0.1, 0.15) is 23.7 Å². The molecule has 8 nitrogen and oxygen atoms in total. The van der Waals surface area contributed by atoms with Crippen LogP contribution in [0.3, 0.4) is 0 Å². The lowest BCUT2D eigenvalue weighted by atomic mass is 9.96. The Morgan fingerprint density at radius 2 is 2.19 bits per heavy atom. The van der Waals surface area contributed by atoms with Gasteiger partial charge in [-0.2, -0.15) is 0 Å². The summed E-state index contributed by atoms with van der Waals surface area (Å²) in [4.78, 5) is 27.5. The molecule has 1 aromatic heterocycles. The molecule has 1 fully saturated rings. The van der Waals surface area contributed by atoms with Crippen molar-refractivity contribution in [2.24, 2.45) is 11.7 Å². The van der Waals surface area contributed by atoms with E-state index in [0.717, 1.165) is 5.39 Å². The molecule has 1 aliphatic rings. The Hall–Kier alpha value is -2.87. The number of fused-ring (bicyclic) bond motifs is 1. The number of nitrogens with two attached hydrogens (primary N) is 1. The van der Waals surface area contributed by atoms with Gasteiger partial charge < -0.3 is 25.6 Å². The fourth-order valence-electron chi connectivity index (χ4n) is 3.28. The number of methoxy groups -OCH3 is 1. The number of benzene rings is 1. The lowest BCUT2D eigenvalue weighted by Gasteiger charge is -2.19. The minimum atomic E-state index is -1.02. The van der Waals surface area contributed by atoms with E-state index < -0.39 is 12.0 Å².